The van der Waals surface area contributed by atoms with Gasteiger partial charge in [0.25, 0.3) is 0 Å². The van der Waals surface area contributed by atoms with Crippen molar-refractivity contribution < 1.29 is 4.74 Å². The van der Waals surface area contributed by atoms with Crippen molar-refractivity contribution in [3.05, 3.63) is 33.3 Å². The minimum atomic E-state index is -0.00878. The number of methoxy groups -OCH3 is 1. The lowest BCUT2D eigenvalue weighted by molar-refractivity contribution is -0.0966. The van der Waals surface area contributed by atoms with Gasteiger partial charge in [-0.05, 0) is 50.4 Å². The van der Waals surface area contributed by atoms with E-state index in [1.165, 1.54) is 12.0 Å². The molecule has 0 amide bonds. The molecule has 0 spiro atoms. The summed E-state index contributed by atoms with van der Waals surface area (Å²) < 4.78 is 6.76. The van der Waals surface area contributed by atoms with Gasteiger partial charge in [0.1, 0.15) is 0 Å². The second-order valence-corrected chi connectivity index (χ2v) is 6.23. The van der Waals surface area contributed by atoms with Gasteiger partial charge < -0.3 is 10.1 Å². The Morgan fingerprint density at radius 3 is 2.67 bits per heavy atom. The molecule has 1 fully saturated rings. The molecule has 1 saturated carbocycles. The highest BCUT2D eigenvalue weighted by Crippen LogP contribution is 2.39. The molecule has 1 unspecified atom stereocenters. The van der Waals surface area contributed by atoms with Gasteiger partial charge in [0, 0.05) is 22.6 Å². The van der Waals surface area contributed by atoms with Crippen molar-refractivity contribution >= 4 is 27.5 Å². The fraction of sp³-hybridized carbons (Fsp3) is 0.571. The van der Waals surface area contributed by atoms with Crippen LogP contribution in [-0.4, -0.2) is 25.8 Å². The summed E-state index contributed by atoms with van der Waals surface area (Å²) in [4.78, 5) is 0. The molecular weight excluding hydrogens is 314 g/mol. The van der Waals surface area contributed by atoms with Gasteiger partial charge in [0.2, 0.25) is 0 Å². The zero-order valence-corrected chi connectivity index (χ0v) is 13.1. The first kappa shape index (κ1) is 14.3. The summed E-state index contributed by atoms with van der Waals surface area (Å²) in [6.45, 7) is 0. The molecule has 100 valence electrons. The number of rotatable bonds is 5. The van der Waals surface area contributed by atoms with Crippen LogP contribution in [0.2, 0.25) is 5.02 Å². The molecule has 0 bridgehead atoms. The third-order valence-corrected chi connectivity index (χ3v) is 4.87. The average Bonchev–Trinajstić information content (AvgIpc) is 2.29. The number of halogens is 2. The number of likely N-dealkylation sites (N-methyl/N-ethyl adjacent to an activating group) is 1. The molecule has 2 rings (SSSR count). The standard InChI is InChI=1S/C14H19BrClNO/c1-17-13(14(18-2)6-3-7-14)8-10-4-5-11(15)9-12(10)16/h4-5,9,13,17H,3,6-8H2,1-2H3. The normalized spacial score (nSPS) is 19.3. The minimum absolute atomic E-state index is 0.00878. The van der Waals surface area contributed by atoms with Gasteiger partial charge >= 0.3 is 0 Å². The fourth-order valence-corrected chi connectivity index (χ4v) is 3.43. The van der Waals surface area contributed by atoms with Gasteiger partial charge in [0.05, 0.1) is 5.60 Å². The number of benzene rings is 1. The molecule has 0 heterocycles. The Kier molecular flexibility index (Phi) is 4.70. The van der Waals surface area contributed by atoms with Gasteiger partial charge in [-0.2, -0.15) is 0 Å². The van der Waals surface area contributed by atoms with Crippen LogP contribution < -0.4 is 5.32 Å². The molecule has 0 radical (unpaired) electrons. The van der Waals surface area contributed by atoms with Gasteiger partial charge in [-0.3, -0.25) is 0 Å². The number of ether oxygens (including phenoxy) is 1. The van der Waals surface area contributed by atoms with Gasteiger partial charge in [-0.25, -0.2) is 0 Å². The van der Waals surface area contributed by atoms with Crippen LogP contribution in [0.1, 0.15) is 24.8 Å². The van der Waals surface area contributed by atoms with Gasteiger partial charge in [0.15, 0.2) is 0 Å². The highest BCUT2D eigenvalue weighted by Gasteiger charge is 2.43. The monoisotopic (exact) mass is 331 g/mol. The van der Waals surface area contributed by atoms with E-state index in [0.29, 0.717) is 6.04 Å². The highest BCUT2D eigenvalue weighted by atomic mass is 79.9. The number of hydrogen-bond acceptors (Lipinski definition) is 2. The molecule has 2 nitrogen and oxygen atoms in total. The summed E-state index contributed by atoms with van der Waals surface area (Å²) in [5.74, 6) is 0. The second-order valence-electron chi connectivity index (χ2n) is 4.90. The van der Waals surface area contributed by atoms with E-state index < -0.39 is 0 Å². The Labute approximate surface area is 122 Å². The van der Waals surface area contributed by atoms with E-state index in [9.17, 15) is 0 Å². The lowest BCUT2D eigenvalue weighted by atomic mass is 9.72. The van der Waals surface area contributed by atoms with Crippen molar-refractivity contribution in [3.63, 3.8) is 0 Å². The minimum Gasteiger partial charge on any atom is -0.377 e. The summed E-state index contributed by atoms with van der Waals surface area (Å²) in [6.07, 6.45) is 4.41. The number of hydrogen-bond donors (Lipinski definition) is 1. The highest BCUT2D eigenvalue weighted by molar-refractivity contribution is 9.10. The number of nitrogens with one attached hydrogen (secondary N) is 1. The quantitative estimate of drug-likeness (QED) is 0.885. The van der Waals surface area contributed by atoms with E-state index in [2.05, 4.69) is 27.3 Å². The average molecular weight is 333 g/mol. The van der Waals surface area contributed by atoms with Crippen LogP contribution in [0.15, 0.2) is 22.7 Å². The molecule has 18 heavy (non-hydrogen) atoms. The summed E-state index contributed by atoms with van der Waals surface area (Å²) in [6, 6.07) is 6.38. The largest absolute Gasteiger partial charge is 0.377 e. The van der Waals surface area contributed by atoms with Crippen LogP contribution in [0.4, 0.5) is 0 Å². The van der Waals surface area contributed by atoms with Crippen molar-refractivity contribution in [2.45, 2.75) is 37.3 Å². The maximum absolute atomic E-state index is 6.29. The van der Waals surface area contributed by atoms with E-state index in [4.69, 9.17) is 16.3 Å². The molecule has 1 aromatic rings. The third kappa shape index (κ3) is 2.74. The molecule has 1 N–H and O–H groups in total. The lowest BCUT2D eigenvalue weighted by Gasteiger charge is -2.46. The Morgan fingerprint density at radius 1 is 1.50 bits per heavy atom. The summed E-state index contributed by atoms with van der Waals surface area (Å²) in [5.41, 5.74) is 1.16. The molecule has 1 aromatic carbocycles. The summed E-state index contributed by atoms with van der Waals surface area (Å²) >= 11 is 9.72. The molecule has 0 saturated heterocycles. The fourth-order valence-electron chi connectivity index (χ4n) is 2.68. The lowest BCUT2D eigenvalue weighted by Crippen LogP contribution is -2.56. The predicted molar refractivity (Wildman–Crippen MR) is 79.3 cm³/mol. The molecular formula is C14H19BrClNO. The maximum Gasteiger partial charge on any atom is 0.0834 e. The Hall–Kier alpha value is -0.0900. The molecule has 1 atom stereocenters. The van der Waals surface area contributed by atoms with Crippen molar-refractivity contribution in [1.29, 1.82) is 0 Å². The van der Waals surface area contributed by atoms with Crippen LogP contribution >= 0.6 is 27.5 Å². The van der Waals surface area contributed by atoms with Crippen molar-refractivity contribution in [3.8, 4) is 0 Å². The molecule has 0 aliphatic heterocycles. The summed E-state index contributed by atoms with van der Waals surface area (Å²) in [7, 11) is 3.81. The SMILES string of the molecule is CNC(Cc1ccc(Br)cc1Cl)C1(OC)CCC1. The zero-order chi connectivity index (χ0) is 13.2. The Bertz CT molecular complexity index is 415. The van der Waals surface area contributed by atoms with Gasteiger partial charge in [-0.1, -0.05) is 33.6 Å². The van der Waals surface area contributed by atoms with E-state index in [1.807, 2.05) is 26.3 Å². The molecule has 4 heteroatoms. The van der Waals surface area contributed by atoms with E-state index in [1.54, 1.807) is 0 Å². The van der Waals surface area contributed by atoms with Crippen LogP contribution in [-0.2, 0) is 11.2 Å². The Morgan fingerprint density at radius 2 is 2.22 bits per heavy atom. The smallest absolute Gasteiger partial charge is 0.0834 e. The van der Waals surface area contributed by atoms with Crippen LogP contribution in [0.5, 0.6) is 0 Å². The van der Waals surface area contributed by atoms with Crippen molar-refractivity contribution in [2.75, 3.05) is 14.2 Å². The molecule has 1 aliphatic carbocycles. The van der Waals surface area contributed by atoms with Crippen LogP contribution in [0, 0.1) is 0 Å². The Balaban J connectivity index is 2.15. The van der Waals surface area contributed by atoms with Gasteiger partial charge in [-0.15, -0.1) is 0 Å². The van der Waals surface area contributed by atoms with Crippen LogP contribution in [0.25, 0.3) is 0 Å². The summed E-state index contributed by atoms with van der Waals surface area (Å²) in [5, 5.41) is 4.21. The van der Waals surface area contributed by atoms with E-state index in [-0.39, 0.29) is 5.60 Å². The maximum atomic E-state index is 6.29. The van der Waals surface area contributed by atoms with Crippen LogP contribution in [0.3, 0.4) is 0 Å². The first-order valence-corrected chi connectivity index (χ1v) is 7.45. The van der Waals surface area contributed by atoms with Crippen molar-refractivity contribution in [2.24, 2.45) is 0 Å². The van der Waals surface area contributed by atoms with Crippen molar-refractivity contribution in [1.82, 2.24) is 5.32 Å². The predicted octanol–water partition coefficient (Wildman–Crippen LogP) is 3.80. The van der Waals surface area contributed by atoms with E-state index in [0.717, 1.165) is 28.8 Å². The zero-order valence-electron chi connectivity index (χ0n) is 10.8. The molecule has 0 aromatic heterocycles. The molecule has 1 aliphatic rings. The first-order chi connectivity index (χ1) is 8.61. The van der Waals surface area contributed by atoms with E-state index >= 15 is 0 Å². The third-order valence-electron chi connectivity index (χ3n) is 4.03. The first-order valence-electron chi connectivity index (χ1n) is 6.27. The topological polar surface area (TPSA) is 21.3 Å². The second kappa shape index (κ2) is 5.91.